The molecule has 5 heteroatoms. The Morgan fingerprint density at radius 3 is 2.75 bits per heavy atom. The van der Waals surface area contributed by atoms with Crippen LogP contribution in [-0.2, 0) is 4.79 Å². The Labute approximate surface area is 93.4 Å². The summed E-state index contributed by atoms with van der Waals surface area (Å²) in [6, 6.07) is -0.596. The van der Waals surface area contributed by atoms with Gasteiger partial charge in [-0.2, -0.15) is 0 Å². The number of carboxylic acid groups (broad SMARTS) is 1. The molecule has 1 N–H and O–H groups in total. The molecule has 2 aliphatic rings. The molecule has 0 bridgehead atoms. The summed E-state index contributed by atoms with van der Waals surface area (Å²) in [5.74, 6) is -4.12. The third-order valence-corrected chi connectivity index (χ3v) is 3.97. The number of nitrogens with zero attached hydrogens (tertiary/aromatic N) is 1. The predicted octanol–water partition coefficient (Wildman–Crippen LogP) is 1.83. The lowest BCUT2D eigenvalue weighted by Crippen LogP contribution is -2.40. The monoisotopic (exact) mass is 233 g/mol. The highest BCUT2D eigenvalue weighted by atomic mass is 19.3. The zero-order valence-electron chi connectivity index (χ0n) is 9.33. The number of alkyl halides is 2. The molecule has 0 radical (unpaired) electrons. The minimum Gasteiger partial charge on any atom is -0.480 e. The lowest BCUT2D eigenvalue weighted by molar-refractivity contribution is -0.143. The highest BCUT2D eigenvalue weighted by molar-refractivity contribution is 5.73. The molecule has 0 aromatic heterocycles. The molecule has 0 aromatic rings. The number of carboxylic acids is 1. The SMILES string of the molecule is CC[C@H](C(=O)O)N1C[C@H]2CCC(F)(F)[C@H]2C1. The van der Waals surface area contributed by atoms with Crippen LogP contribution in [0.4, 0.5) is 8.78 Å². The molecule has 1 saturated heterocycles. The van der Waals surface area contributed by atoms with Gasteiger partial charge in [0.15, 0.2) is 0 Å². The van der Waals surface area contributed by atoms with Crippen LogP contribution in [0.2, 0.25) is 0 Å². The van der Waals surface area contributed by atoms with Crippen LogP contribution in [0.3, 0.4) is 0 Å². The Morgan fingerprint density at radius 1 is 1.56 bits per heavy atom. The lowest BCUT2D eigenvalue weighted by atomic mass is 9.99. The van der Waals surface area contributed by atoms with E-state index in [1.807, 2.05) is 0 Å². The van der Waals surface area contributed by atoms with E-state index >= 15 is 0 Å². The van der Waals surface area contributed by atoms with Crippen molar-refractivity contribution in [2.75, 3.05) is 13.1 Å². The van der Waals surface area contributed by atoms with E-state index in [1.165, 1.54) is 0 Å². The lowest BCUT2D eigenvalue weighted by Gasteiger charge is -2.25. The zero-order valence-corrected chi connectivity index (χ0v) is 9.33. The number of halogens is 2. The second kappa shape index (κ2) is 3.95. The highest BCUT2D eigenvalue weighted by Gasteiger charge is 2.54. The van der Waals surface area contributed by atoms with Gasteiger partial charge in [-0.3, -0.25) is 9.69 Å². The molecule has 2 fully saturated rings. The van der Waals surface area contributed by atoms with Gasteiger partial charge < -0.3 is 5.11 Å². The molecule has 3 atom stereocenters. The van der Waals surface area contributed by atoms with Gasteiger partial charge in [0.25, 0.3) is 5.92 Å². The van der Waals surface area contributed by atoms with E-state index in [9.17, 15) is 13.6 Å². The molecule has 0 unspecified atom stereocenters. The zero-order chi connectivity index (χ0) is 11.9. The second-order valence-electron chi connectivity index (χ2n) is 4.88. The predicted molar refractivity (Wildman–Crippen MR) is 54.4 cm³/mol. The maximum atomic E-state index is 13.5. The number of hydrogen-bond acceptors (Lipinski definition) is 2. The molecule has 1 heterocycles. The summed E-state index contributed by atoms with van der Waals surface area (Å²) in [4.78, 5) is 12.7. The van der Waals surface area contributed by atoms with E-state index in [0.717, 1.165) is 0 Å². The molecule has 92 valence electrons. The van der Waals surface area contributed by atoms with Crippen LogP contribution in [0.5, 0.6) is 0 Å². The summed E-state index contributed by atoms with van der Waals surface area (Å²) in [7, 11) is 0. The van der Waals surface area contributed by atoms with Gasteiger partial charge in [0.05, 0.1) is 0 Å². The van der Waals surface area contributed by atoms with Crippen molar-refractivity contribution in [2.24, 2.45) is 11.8 Å². The van der Waals surface area contributed by atoms with Crippen LogP contribution in [0, 0.1) is 11.8 Å². The van der Waals surface area contributed by atoms with E-state index in [1.54, 1.807) is 11.8 Å². The number of aliphatic carboxylic acids is 1. The van der Waals surface area contributed by atoms with Crippen molar-refractivity contribution >= 4 is 5.97 Å². The fraction of sp³-hybridized carbons (Fsp3) is 0.909. The topological polar surface area (TPSA) is 40.5 Å². The summed E-state index contributed by atoms with van der Waals surface area (Å²) in [6.07, 6.45) is 0.977. The van der Waals surface area contributed by atoms with Crippen molar-refractivity contribution < 1.29 is 18.7 Å². The van der Waals surface area contributed by atoms with Gasteiger partial charge in [-0.15, -0.1) is 0 Å². The van der Waals surface area contributed by atoms with E-state index < -0.39 is 23.9 Å². The van der Waals surface area contributed by atoms with Crippen molar-refractivity contribution in [3.8, 4) is 0 Å². The van der Waals surface area contributed by atoms with Gasteiger partial charge in [0, 0.05) is 25.4 Å². The van der Waals surface area contributed by atoms with Crippen LogP contribution in [0.15, 0.2) is 0 Å². The van der Waals surface area contributed by atoms with Crippen molar-refractivity contribution in [3.05, 3.63) is 0 Å². The molecule has 1 aliphatic carbocycles. The van der Waals surface area contributed by atoms with Gasteiger partial charge in [-0.25, -0.2) is 8.78 Å². The first kappa shape index (κ1) is 11.8. The summed E-state index contributed by atoms with van der Waals surface area (Å²) in [5, 5.41) is 9.00. The Morgan fingerprint density at radius 2 is 2.25 bits per heavy atom. The first-order chi connectivity index (χ1) is 7.45. The van der Waals surface area contributed by atoms with Crippen molar-refractivity contribution in [2.45, 2.75) is 38.2 Å². The fourth-order valence-corrected chi connectivity index (χ4v) is 3.08. The molecule has 0 spiro atoms. The summed E-state index contributed by atoms with van der Waals surface area (Å²) in [5.41, 5.74) is 0. The Kier molecular flexibility index (Phi) is 2.90. The summed E-state index contributed by atoms with van der Waals surface area (Å²) < 4.78 is 26.9. The first-order valence-electron chi connectivity index (χ1n) is 5.80. The number of rotatable bonds is 3. The summed E-state index contributed by atoms with van der Waals surface area (Å²) in [6.45, 7) is 2.54. The number of hydrogen-bond donors (Lipinski definition) is 1. The number of likely N-dealkylation sites (tertiary alicyclic amines) is 1. The molecule has 1 aliphatic heterocycles. The average Bonchev–Trinajstić information content (AvgIpc) is 2.69. The highest BCUT2D eigenvalue weighted by Crippen LogP contribution is 2.48. The first-order valence-corrected chi connectivity index (χ1v) is 5.80. The quantitative estimate of drug-likeness (QED) is 0.808. The smallest absolute Gasteiger partial charge is 0.320 e. The summed E-state index contributed by atoms with van der Waals surface area (Å²) >= 11 is 0. The minimum absolute atomic E-state index is 0.0107. The molecule has 2 rings (SSSR count). The van der Waals surface area contributed by atoms with Gasteiger partial charge in [-0.1, -0.05) is 6.92 Å². The Bertz CT molecular complexity index is 296. The van der Waals surface area contributed by atoms with Gasteiger partial charge in [0.2, 0.25) is 0 Å². The normalized spacial score (nSPS) is 34.9. The molecular formula is C11H17F2NO2. The number of fused-ring (bicyclic) bond motifs is 1. The average molecular weight is 233 g/mol. The van der Waals surface area contributed by atoms with Gasteiger partial charge >= 0.3 is 5.97 Å². The van der Waals surface area contributed by atoms with Crippen LogP contribution in [0.1, 0.15) is 26.2 Å². The van der Waals surface area contributed by atoms with Crippen molar-refractivity contribution in [3.63, 3.8) is 0 Å². The standard InChI is InChI=1S/C11H17F2NO2/c1-2-9(10(15)16)14-5-7-3-4-11(12,13)8(7)6-14/h7-9H,2-6H2,1H3,(H,15,16)/t7-,8+,9-/m1/s1. The van der Waals surface area contributed by atoms with Gasteiger partial charge in [-0.05, 0) is 18.8 Å². The van der Waals surface area contributed by atoms with Crippen LogP contribution < -0.4 is 0 Å². The van der Waals surface area contributed by atoms with Crippen molar-refractivity contribution in [1.29, 1.82) is 0 Å². The molecule has 16 heavy (non-hydrogen) atoms. The maximum absolute atomic E-state index is 13.5. The van der Waals surface area contributed by atoms with Crippen LogP contribution in [-0.4, -0.2) is 41.0 Å². The molecule has 1 saturated carbocycles. The van der Waals surface area contributed by atoms with Crippen molar-refractivity contribution in [1.82, 2.24) is 4.90 Å². The van der Waals surface area contributed by atoms with E-state index in [2.05, 4.69) is 0 Å². The third-order valence-electron chi connectivity index (χ3n) is 3.97. The maximum Gasteiger partial charge on any atom is 0.320 e. The van der Waals surface area contributed by atoms with E-state index in [-0.39, 0.29) is 18.9 Å². The second-order valence-corrected chi connectivity index (χ2v) is 4.88. The molecule has 0 amide bonds. The third kappa shape index (κ3) is 1.81. The van der Waals surface area contributed by atoms with Crippen LogP contribution >= 0.6 is 0 Å². The fourth-order valence-electron chi connectivity index (χ4n) is 3.08. The minimum atomic E-state index is -2.59. The Balaban J connectivity index is 2.06. The number of carbonyl (C=O) groups is 1. The molecular weight excluding hydrogens is 216 g/mol. The van der Waals surface area contributed by atoms with E-state index in [4.69, 9.17) is 5.11 Å². The van der Waals surface area contributed by atoms with E-state index in [0.29, 0.717) is 19.4 Å². The Hall–Kier alpha value is -0.710. The largest absolute Gasteiger partial charge is 0.480 e. The molecule has 3 nitrogen and oxygen atoms in total. The molecule has 0 aromatic carbocycles. The van der Waals surface area contributed by atoms with Gasteiger partial charge in [0.1, 0.15) is 6.04 Å². The van der Waals surface area contributed by atoms with Crippen LogP contribution in [0.25, 0.3) is 0 Å².